The van der Waals surface area contributed by atoms with Crippen LogP contribution >= 0.6 is 11.3 Å². The highest BCUT2D eigenvalue weighted by molar-refractivity contribution is 7.11. The van der Waals surface area contributed by atoms with Crippen LogP contribution in [0.1, 0.15) is 28.7 Å². The van der Waals surface area contributed by atoms with Gasteiger partial charge in [0.1, 0.15) is 0 Å². The van der Waals surface area contributed by atoms with Crippen LogP contribution in [0.4, 0.5) is 0 Å². The van der Waals surface area contributed by atoms with Gasteiger partial charge in [0.2, 0.25) is 5.91 Å². The Morgan fingerprint density at radius 2 is 2.25 bits per heavy atom. The summed E-state index contributed by atoms with van der Waals surface area (Å²) in [7, 11) is 0. The third kappa shape index (κ3) is 4.78. The van der Waals surface area contributed by atoms with Crippen molar-refractivity contribution in [1.82, 2.24) is 10.3 Å². The summed E-state index contributed by atoms with van der Waals surface area (Å²) in [5.41, 5.74) is 1.10. The Kier molecular flexibility index (Phi) is 5.30. The van der Waals surface area contributed by atoms with Gasteiger partial charge in [-0.25, -0.2) is 0 Å². The van der Waals surface area contributed by atoms with E-state index in [0.29, 0.717) is 6.42 Å². The van der Waals surface area contributed by atoms with Crippen LogP contribution in [0, 0.1) is 6.92 Å². The lowest BCUT2D eigenvalue weighted by Gasteiger charge is -2.12. The van der Waals surface area contributed by atoms with Gasteiger partial charge in [-0.3, -0.25) is 9.78 Å². The number of nitrogens with zero attached hydrogens (tertiary/aromatic N) is 1. The zero-order chi connectivity index (χ0) is 14.4. The molecule has 0 radical (unpaired) electrons. The predicted molar refractivity (Wildman–Crippen MR) is 82.9 cm³/mol. The Balaban J connectivity index is 1.73. The fourth-order valence-electron chi connectivity index (χ4n) is 2.10. The summed E-state index contributed by atoms with van der Waals surface area (Å²) in [5.74, 6) is 0.106. The van der Waals surface area contributed by atoms with Crippen LogP contribution in [0.15, 0.2) is 36.7 Å². The zero-order valence-electron chi connectivity index (χ0n) is 11.9. The number of aromatic nitrogens is 1. The van der Waals surface area contributed by atoms with Gasteiger partial charge in [0.15, 0.2) is 0 Å². The Bertz CT molecular complexity index is 551. The monoisotopic (exact) mass is 288 g/mol. The first kappa shape index (κ1) is 14.7. The standard InChI is InChI=1S/C16H20N2OS/c1-12(10-15-7-5-13(2)20-15)18-16(19)8-6-14-4-3-9-17-11-14/h3-5,7,9,11-12H,6,8,10H2,1-2H3,(H,18,19)/t12-/m0/s1. The summed E-state index contributed by atoms with van der Waals surface area (Å²) in [6.45, 7) is 4.16. The maximum Gasteiger partial charge on any atom is 0.220 e. The Labute approximate surface area is 124 Å². The minimum Gasteiger partial charge on any atom is -0.353 e. The van der Waals surface area contributed by atoms with Crippen molar-refractivity contribution in [2.75, 3.05) is 0 Å². The van der Waals surface area contributed by atoms with E-state index in [0.717, 1.165) is 18.4 Å². The summed E-state index contributed by atoms with van der Waals surface area (Å²) in [6, 6.07) is 8.33. The van der Waals surface area contributed by atoms with Gasteiger partial charge >= 0.3 is 0 Å². The van der Waals surface area contributed by atoms with Crippen molar-refractivity contribution in [3.63, 3.8) is 0 Å². The lowest BCUT2D eigenvalue weighted by Crippen LogP contribution is -2.34. The van der Waals surface area contributed by atoms with Crippen LogP contribution in [-0.4, -0.2) is 16.9 Å². The van der Waals surface area contributed by atoms with E-state index in [4.69, 9.17) is 0 Å². The van der Waals surface area contributed by atoms with Crippen molar-refractivity contribution in [3.05, 3.63) is 52.0 Å². The first-order valence-corrected chi connectivity index (χ1v) is 7.68. The molecule has 1 amide bonds. The second-order valence-electron chi connectivity index (χ2n) is 5.05. The molecule has 0 bridgehead atoms. The zero-order valence-corrected chi connectivity index (χ0v) is 12.7. The molecular formula is C16H20N2OS. The number of rotatable bonds is 6. The maximum atomic E-state index is 11.9. The molecule has 0 aliphatic rings. The highest BCUT2D eigenvalue weighted by atomic mass is 32.1. The summed E-state index contributed by atoms with van der Waals surface area (Å²) in [5, 5.41) is 3.06. The number of pyridine rings is 1. The van der Waals surface area contributed by atoms with Crippen molar-refractivity contribution in [2.45, 2.75) is 39.2 Å². The molecule has 1 atom stereocenters. The van der Waals surface area contributed by atoms with E-state index in [9.17, 15) is 4.79 Å². The number of amides is 1. The van der Waals surface area contributed by atoms with Gasteiger partial charge in [-0.15, -0.1) is 11.3 Å². The van der Waals surface area contributed by atoms with E-state index in [2.05, 4.69) is 36.3 Å². The van der Waals surface area contributed by atoms with E-state index < -0.39 is 0 Å². The molecule has 0 unspecified atom stereocenters. The Morgan fingerprint density at radius 1 is 1.40 bits per heavy atom. The molecule has 0 aliphatic heterocycles. The van der Waals surface area contributed by atoms with Gasteiger partial charge in [0.25, 0.3) is 0 Å². The smallest absolute Gasteiger partial charge is 0.220 e. The van der Waals surface area contributed by atoms with Crippen molar-refractivity contribution in [1.29, 1.82) is 0 Å². The van der Waals surface area contributed by atoms with E-state index in [1.807, 2.05) is 18.3 Å². The van der Waals surface area contributed by atoms with Gasteiger partial charge in [0, 0.05) is 41.0 Å². The average molecular weight is 288 g/mol. The fraction of sp³-hybridized carbons (Fsp3) is 0.375. The molecule has 0 saturated carbocycles. The van der Waals surface area contributed by atoms with Crippen LogP contribution in [-0.2, 0) is 17.6 Å². The van der Waals surface area contributed by atoms with Crippen LogP contribution in [0.2, 0.25) is 0 Å². The first-order valence-electron chi connectivity index (χ1n) is 6.87. The highest BCUT2D eigenvalue weighted by Crippen LogP contribution is 2.16. The SMILES string of the molecule is Cc1ccc(C[C@H](C)NC(=O)CCc2cccnc2)s1. The molecule has 2 aromatic rings. The normalized spacial score (nSPS) is 12.1. The molecule has 4 heteroatoms. The van der Waals surface area contributed by atoms with Crippen molar-refractivity contribution in [3.8, 4) is 0 Å². The lowest BCUT2D eigenvalue weighted by molar-refractivity contribution is -0.121. The molecule has 106 valence electrons. The molecule has 2 aromatic heterocycles. The van der Waals surface area contributed by atoms with Crippen molar-refractivity contribution in [2.24, 2.45) is 0 Å². The Hall–Kier alpha value is -1.68. The molecule has 2 rings (SSSR count). The van der Waals surface area contributed by atoms with Gasteiger partial charge in [0.05, 0.1) is 0 Å². The molecule has 2 heterocycles. The molecule has 0 aromatic carbocycles. The first-order chi connectivity index (χ1) is 9.63. The number of hydrogen-bond acceptors (Lipinski definition) is 3. The molecule has 1 N–H and O–H groups in total. The number of hydrogen-bond donors (Lipinski definition) is 1. The average Bonchev–Trinajstić information content (AvgIpc) is 2.83. The van der Waals surface area contributed by atoms with Crippen LogP contribution < -0.4 is 5.32 Å². The summed E-state index contributed by atoms with van der Waals surface area (Å²) in [6.07, 6.45) is 5.71. The summed E-state index contributed by atoms with van der Waals surface area (Å²) in [4.78, 5) is 18.6. The van der Waals surface area contributed by atoms with Crippen molar-refractivity contribution < 1.29 is 4.79 Å². The third-order valence-electron chi connectivity index (χ3n) is 3.07. The molecule has 20 heavy (non-hydrogen) atoms. The molecule has 3 nitrogen and oxygen atoms in total. The molecule has 0 saturated heterocycles. The van der Waals surface area contributed by atoms with E-state index in [1.165, 1.54) is 9.75 Å². The molecule has 0 fully saturated rings. The van der Waals surface area contributed by atoms with Crippen LogP contribution in [0.5, 0.6) is 0 Å². The van der Waals surface area contributed by atoms with Gasteiger partial charge in [-0.2, -0.15) is 0 Å². The highest BCUT2D eigenvalue weighted by Gasteiger charge is 2.09. The molecule has 0 aliphatic carbocycles. The number of thiophene rings is 1. The van der Waals surface area contributed by atoms with Gasteiger partial charge < -0.3 is 5.32 Å². The van der Waals surface area contributed by atoms with Gasteiger partial charge in [-0.05, 0) is 44.0 Å². The predicted octanol–water partition coefficient (Wildman–Crippen LogP) is 3.13. The van der Waals surface area contributed by atoms with Crippen LogP contribution in [0.3, 0.4) is 0 Å². The summed E-state index contributed by atoms with van der Waals surface area (Å²) < 4.78 is 0. The lowest BCUT2D eigenvalue weighted by atomic mass is 10.1. The second kappa shape index (κ2) is 7.20. The summed E-state index contributed by atoms with van der Waals surface area (Å²) >= 11 is 1.79. The van der Waals surface area contributed by atoms with E-state index in [1.54, 1.807) is 17.5 Å². The van der Waals surface area contributed by atoms with Crippen molar-refractivity contribution >= 4 is 17.2 Å². The minimum absolute atomic E-state index is 0.106. The fourth-order valence-corrected chi connectivity index (χ4v) is 3.12. The number of nitrogens with one attached hydrogen (secondary N) is 1. The molecular weight excluding hydrogens is 268 g/mol. The molecule has 0 spiro atoms. The maximum absolute atomic E-state index is 11.9. The largest absolute Gasteiger partial charge is 0.353 e. The van der Waals surface area contributed by atoms with E-state index >= 15 is 0 Å². The second-order valence-corrected chi connectivity index (χ2v) is 6.42. The van der Waals surface area contributed by atoms with Crippen LogP contribution in [0.25, 0.3) is 0 Å². The number of carbonyl (C=O) groups is 1. The van der Waals surface area contributed by atoms with Gasteiger partial charge in [-0.1, -0.05) is 6.07 Å². The van der Waals surface area contributed by atoms with E-state index in [-0.39, 0.29) is 11.9 Å². The number of aryl methyl sites for hydroxylation is 2. The minimum atomic E-state index is 0.106. The number of carbonyl (C=O) groups excluding carboxylic acids is 1. The quantitative estimate of drug-likeness (QED) is 0.887. The third-order valence-corrected chi connectivity index (χ3v) is 4.10. The Morgan fingerprint density at radius 3 is 2.90 bits per heavy atom. The topological polar surface area (TPSA) is 42.0 Å².